The SMILES string of the molecule is COCC1CCCN1C(=O)c1sc2c(c1OCCN1CCOCC1)c(=O)n(C)c1ccccc21. The number of fused-ring (bicyclic) bond motifs is 3. The van der Waals surface area contributed by atoms with Gasteiger partial charge in [-0.2, -0.15) is 0 Å². The Kier molecular flexibility index (Phi) is 6.87. The van der Waals surface area contributed by atoms with E-state index >= 15 is 0 Å². The normalized spacial score (nSPS) is 19.4. The smallest absolute Gasteiger partial charge is 0.268 e. The second-order valence-electron chi connectivity index (χ2n) is 8.90. The molecule has 0 saturated carbocycles. The maximum absolute atomic E-state index is 13.8. The largest absolute Gasteiger partial charge is 0.490 e. The van der Waals surface area contributed by atoms with Crippen molar-refractivity contribution >= 4 is 38.2 Å². The average molecular weight is 486 g/mol. The Morgan fingerprint density at radius 1 is 1.21 bits per heavy atom. The number of para-hydroxylation sites is 1. The fourth-order valence-corrected chi connectivity index (χ4v) is 6.24. The Balaban J connectivity index is 1.57. The highest BCUT2D eigenvalue weighted by atomic mass is 32.1. The van der Waals surface area contributed by atoms with Crippen LogP contribution in [0.5, 0.6) is 5.75 Å². The van der Waals surface area contributed by atoms with E-state index in [4.69, 9.17) is 14.2 Å². The molecule has 3 aromatic rings. The summed E-state index contributed by atoms with van der Waals surface area (Å²) in [5.74, 6) is 0.348. The second-order valence-corrected chi connectivity index (χ2v) is 9.92. The van der Waals surface area contributed by atoms with Crippen LogP contribution in [0.4, 0.5) is 0 Å². The zero-order valence-electron chi connectivity index (χ0n) is 19.7. The van der Waals surface area contributed by atoms with Crippen molar-refractivity contribution in [2.24, 2.45) is 7.05 Å². The van der Waals surface area contributed by atoms with Gasteiger partial charge in [0.25, 0.3) is 11.5 Å². The number of benzene rings is 1. The molecule has 2 aromatic heterocycles. The highest BCUT2D eigenvalue weighted by Crippen LogP contribution is 2.41. The van der Waals surface area contributed by atoms with Crippen LogP contribution in [0.15, 0.2) is 29.1 Å². The quantitative estimate of drug-likeness (QED) is 0.513. The van der Waals surface area contributed by atoms with E-state index in [1.165, 1.54) is 11.3 Å². The number of aromatic nitrogens is 1. The molecular formula is C25H31N3O5S. The number of thiophene rings is 1. The Hall–Kier alpha value is -2.46. The van der Waals surface area contributed by atoms with E-state index in [-0.39, 0.29) is 17.5 Å². The summed E-state index contributed by atoms with van der Waals surface area (Å²) in [6, 6.07) is 7.87. The van der Waals surface area contributed by atoms with Crippen LogP contribution >= 0.6 is 11.3 Å². The Labute approximate surface area is 202 Å². The number of carbonyl (C=O) groups excluding carboxylic acids is 1. The van der Waals surface area contributed by atoms with Gasteiger partial charge in [-0.15, -0.1) is 11.3 Å². The molecule has 1 aromatic carbocycles. The first-order chi connectivity index (χ1) is 16.6. The average Bonchev–Trinajstić information content (AvgIpc) is 3.48. The standard InChI is InChI=1S/C25H31N3O5S/c1-26-19-8-4-3-7-18(19)22-20(24(26)29)21(33-15-12-27-10-13-32-14-11-27)23(34-22)25(30)28-9-5-6-17(28)16-31-2/h3-4,7-8,17H,5-6,9-16H2,1-2H3. The number of methoxy groups -OCH3 is 1. The first-order valence-corrected chi connectivity index (χ1v) is 12.7. The molecule has 0 N–H and O–H groups in total. The summed E-state index contributed by atoms with van der Waals surface area (Å²) in [6.45, 7) is 5.47. The summed E-state index contributed by atoms with van der Waals surface area (Å²) in [6.07, 6.45) is 1.87. The topological polar surface area (TPSA) is 73.2 Å². The Bertz CT molecular complexity index is 1250. The molecule has 0 spiro atoms. The van der Waals surface area contributed by atoms with E-state index in [0.717, 1.165) is 48.1 Å². The Morgan fingerprint density at radius 3 is 2.79 bits per heavy atom. The molecule has 182 valence electrons. The number of nitrogens with zero attached hydrogens (tertiary/aromatic N) is 3. The molecule has 1 amide bonds. The van der Waals surface area contributed by atoms with Gasteiger partial charge in [0, 0.05) is 45.7 Å². The summed E-state index contributed by atoms with van der Waals surface area (Å²) in [5, 5.41) is 1.45. The zero-order valence-corrected chi connectivity index (χ0v) is 20.6. The van der Waals surface area contributed by atoms with Crippen molar-refractivity contribution in [3.8, 4) is 5.75 Å². The number of aryl methyl sites for hydroxylation is 1. The molecule has 2 aliphatic rings. The maximum Gasteiger partial charge on any atom is 0.268 e. The zero-order chi connectivity index (χ0) is 23.7. The van der Waals surface area contributed by atoms with Crippen molar-refractivity contribution in [3.05, 3.63) is 39.5 Å². The molecule has 34 heavy (non-hydrogen) atoms. The molecule has 8 nitrogen and oxygen atoms in total. The van der Waals surface area contributed by atoms with Crippen LogP contribution in [0.1, 0.15) is 22.5 Å². The van der Waals surface area contributed by atoms with Crippen molar-refractivity contribution in [2.75, 3.05) is 59.7 Å². The molecule has 2 aliphatic heterocycles. The van der Waals surface area contributed by atoms with E-state index in [2.05, 4.69) is 4.90 Å². The molecule has 1 atom stereocenters. The van der Waals surface area contributed by atoms with Gasteiger partial charge < -0.3 is 23.7 Å². The van der Waals surface area contributed by atoms with Crippen LogP contribution in [-0.2, 0) is 16.5 Å². The summed E-state index contributed by atoms with van der Waals surface area (Å²) in [5.41, 5.74) is 0.707. The van der Waals surface area contributed by atoms with Gasteiger partial charge >= 0.3 is 0 Å². The third-order valence-electron chi connectivity index (χ3n) is 6.84. The first-order valence-electron chi connectivity index (χ1n) is 11.9. The van der Waals surface area contributed by atoms with Gasteiger partial charge in [-0.3, -0.25) is 14.5 Å². The van der Waals surface area contributed by atoms with Crippen molar-refractivity contribution < 1.29 is 19.0 Å². The number of rotatable bonds is 7. The molecule has 4 heterocycles. The molecule has 1 unspecified atom stereocenters. The lowest BCUT2D eigenvalue weighted by Crippen LogP contribution is -2.39. The number of morpholine rings is 1. The fourth-order valence-electron chi connectivity index (χ4n) is 5.01. The van der Waals surface area contributed by atoms with Gasteiger partial charge in [0.2, 0.25) is 0 Å². The van der Waals surface area contributed by atoms with Crippen LogP contribution in [-0.4, -0.2) is 86.0 Å². The van der Waals surface area contributed by atoms with Gasteiger partial charge in [0.15, 0.2) is 5.75 Å². The number of carbonyl (C=O) groups is 1. The van der Waals surface area contributed by atoms with Crippen LogP contribution in [0.2, 0.25) is 0 Å². The van der Waals surface area contributed by atoms with Gasteiger partial charge in [-0.25, -0.2) is 0 Å². The first kappa shape index (κ1) is 23.3. The summed E-state index contributed by atoms with van der Waals surface area (Å²) in [4.78, 5) is 31.9. The minimum Gasteiger partial charge on any atom is -0.490 e. The van der Waals surface area contributed by atoms with E-state index in [1.807, 2.05) is 29.2 Å². The van der Waals surface area contributed by atoms with E-state index < -0.39 is 0 Å². The van der Waals surface area contributed by atoms with Crippen molar-refractivity contribution in [1.82, 2.24) is 14.4 Å². The number of amides is 1. The third-order valence-corrected chi connectivity index (χ3v) is 8.03. The summed E-state index contributed by atoms with van der Waals surface area (Å²) >= 11 is 1.37. The molecular weight excluding hydrogens is 454 g/mol. The van der Waals surface area contributed by atoms with Crippen LogP contribution < -0.4 is 10.3 Å². The molecule has 2 saturated heterocycles. The highest BCUT2D eigenvalue weighted by Gasteiger charge is 2.34. The number of hydrogen-bond donors (Lipinski definition) is 0. The molecule has 0 radical (unpaired) electrons. The molecule has 2 fully saturated rings. The predicted molar refractivity (Wildman–Crippen MR) is 133 cm³/mol. The third kappa shape index (κ3) is 4.22. The van der Waals surface area contributed by atoms with Crippen molar-refractivity contribution in [3.63, 3.8) is 0 Å². The lowest BCUT2D eigenvalue weighted by Gasteiger charge is -2.26. The minimum absolute atomic E-state index is 0.0449. The van der Waals surface area contributed by atoms with Crippen LogP contribution in [0.25, 0.3) is 21.0 Å². The van der Waals surface area contributed by atoms with Gasteiger partial charge in [-0.1, -0.05) is 18.2 Å². The van der Waals surface area contributed by atoms with Crippen molar-refractivity contribution in [1.29, 1.82) is 0 Å². The number of likely N-dealkylation sites (tertiary alicyclic amines) is 1. The van der Waals surface area contributed by atoms with Crippen molar-refractivity contribution in [2.45, 2.75) is 18.9 Å². The molecule has 5 rings (SSSR count). The molecule has 0 aliphatic carbocycles. The van der Waals surface area contributed by atoms with Gasteiger partial charge in [0.1, 0.15) is 16.9 Å². The van der Waals surface area contributed by atoms with Crippen LogP contribution in [0.3, 0.4) is 0 Å². The maximum atomic E-state index is 13.8. The monoisotopic (exact) mass is 485 g/mol. The summed E-state index contributed by atoms with van der Waals surface area (Å²) < 4.78 is 19.5. The highest BCUT2D eigenvalue weighted by molar-refractivity contribution is 7.22. The number of pyridine rings is 1. The lowest BCUT2D eigenvalue weighted by molar-refractivity contribution is 0.0322. The number of ether oxygens (including phenoxy) is 3. The predicted octanol–water partition coefficient (Wildman–Crippen LogP) is 2.72. The summed E-state index contributed by atoms with van der Waals surface area (Å²) in [7, 11) is 3.44. The fraction of sp³-hybridized carbons (Fsp3) is 0.520. The van der Waals surface area contributed by atoms with E-state index in [0.29, 0.717) is 49.0 Å². The van der Waals surface area contributed by atoms with Gasteiger partial charge in [0.05, 0.1) is 36.1 Å². The van der Waals surface area contributed by atoms with E-state index in [9.17, 15) is 9.59 Å². The number of hydrogen-bond acceptors (Lipinski definition) is 7. The minimum atomic E-state index is -0.139. The lowest BCUT2D eigenvalue weighted by atomic mass is 10.1. The van der Waals surface area contributed by atoms with Gasteiger partial charge in [-0.05, 0) is 18.9 Å². The molecule has 9 heteroatoms. The second kappa shape index (κ2) is 10.0. The van der Waals surface area contributed by atoms with Crippen LogP contribution in [0, 0.1) is 0 Å². The van der Waals surface area contributed by atoms with E-state index in [1.54, 1.807) is 18.7 Å². The molecule has 0 bridgehead atoms. The Morgan fingerprint density at radius 2 is 2.00 bits per heavy atom.